The molecule has 0 radical (unpaired) electrons. The van der Waals surface area contributed by atoms with Crippen LogP contribution < -0.4 is 20.1 Å². The van der Waals surface area contributed by atoms with Crippen LogP contribution in [0.25, 0.3) is 0 Å². The molecule has 1 heterocycles. The van der Waals surface area contributed by atoms with Crippen LogP contribution >= 0.6 is 0 Å². The molecule has 1 amide bonds. The van der Waals surface area contributed by atoms with Crippen molar-refractivity contribution in [3.8, 4) is 11.5 Å². The first-order valence-electron chi connectivity index (χ1n) is 11.4. The third kappa shape index (κ3) is 6.05. The number of hydrogen-bond donors (Lipinski definition) is 1. The molecule has 3 rings (SSSR count). The van der Waals surface area contributed by atoms with Crippen LogP contribution in [0, 0.1) is 19.8 Å². The first-order chi connectivity index (χ1) is 15.7. The molecular weight excluding hydrogens is 420 g/mol. The molecule has 1 aliphatic rings. The Kier molecular flexibility index (Phi) is 7.97. The van der Waals surface area contributed by atoms with Gasteiger partial charge in [0.05, 0.1) is 19.8 Å². The van der Waals surface area contributed by atoms with Gasteiger partial charge in [-0.2, -0.15) is 0 Å². The van der Waals surface area contributed by atoms with Gasteiger partial charge in [0.2, 0.25) is 5.91 Å². The topological polar surface area (TPSA) is 91.1 Å². The van der Waals surface area contributed by atoms with Crippen LogP contribution in [-0.2, 0) is 22.4 Å². The van der Waals surface area contributed by atoms with Crippen molar-refractivity contribution in [3.05, 3.63) is 52.6 Å². The van der Waals surface area contributed by atoms with E-state index in [-0.39, 0.29) is 11.8 Å². The molecule has 1 aliphatic heterocycles. The van der Waals surface area contributed by atoms with E-state index in [9.17, 15) is 9.59 Å². The Labute approximate surface area is 195 Å². The largest absolute Gasteiger partial charge is 0.513 e. The van der Waals surface area contributed by atoms with Crippen molar-refractivity contribution in [1.82, 2.24) is 0 Å². The maximum Gasteiger partial charge on any atom is 0.513 e. The normalized spacial score (nSPS) is 14.0. The third-order valence-corrected chi connectivity index (χ3v) is 5.82. The van der Waals surface area contributed by atoms with Gasteiger partial charge < -0.3 is 24.8 Å². The van der Waals surface area contributed by atoms with E-state index in [0.717, 1.165) is 46.5 Å². The zero-order valence-corrected chi connectivity index (χ0v) is 20.1. The molecule has 7 nitrogen and oxygen atoms in total. The van der Waals surface area contributed by atoms with E-state index >= 15 is 0 Å². The molecule has 1 atom stereocenters. The lowest BCUT2D eigenvalue weighted by Gasteiger charge is -2.32. The predicted octanol–water partition coefficient (Wildman–Crippen LogP) is 4.33. The van der Waals surface area contributed by atoms with Gasteiger partial charge in [-0.1, -0.05) is 13.8 Å². The SMILES string of the molecule is COc1ccc2c(c1)CCCN2C(=O)[C@H](N)Cc1c(C)cc(OC(=O)OCC(C)C)cc1C. The highest BCUT2D eigenvalue weighted by Crippen LogP contribution is 2.31. The number of hydrogen-bond acceptors (Lipinski definition) is 6. The number of nitrogens with zero attached hydrogens (tertiary/aromatic N) is 1. The summed E-state index contributed by atoms with van der Waals surface area (Å²) in [6, 6.07) is 8.66. The van der Waals surface area contributed by atoms with Gasteiger partial charge >= 0.3 is 6.16 Å². The highest BCUT2D eigenvalue weighted by molar-refractivity contribution is 5.98. The minimum atomic E-state index is -0.720. The number of methoxy groups -OCH3 is 1. The van der Waals surface area contributed by atoms with Gasteiger partial charge in [0.15, 0.2) is 0 Å². The van der Waals surface area contributed by atoms with Crippen molar-refractivity contribution < 1.29 is 23.8 Å². The van der Waals surface area contributed by atoms with Crippen molar-refractivity contribution in [2.24, 2.45) is 11.7 Å². The van der Waals surface area contributed by atoms with Gasteiger partial charge in [-0.05, 0) is 91.6 Å². The molecule has 0 saturated carbocycles. The maximum absolute atomic E-state index is 13.3. The van der Waals surface area contributed by atoms with Crippen molar-refractivity contribution >= 4 is 17.7 Å². The summed E-state index contributed by atoms with van der Waals surface area (Å²) >= 11 is 0. The number of benzene rings is 2. The van der Waals surface area contributed by atoms with Crippen LogP contribution in [0.3, 0.4) is 0 Å². The van der Waals surface area contributed by atoms with Crippen molar-refractivity contribution in [2.45, 2.75) is 53.0 Å². The Bertz CT molecular complexity index is 995. The van der Waals surface area contributed by atoms with Crippen LogP contribution in [0.5, 0.6) is 11.5 Å². The molecule has 0 spiro atoms. The van der Waals surface area contributed by atoms with E-state index in [0.29, 0.717) is 25.3 Å². The average molecular weight is 455 g/mol. The number of rotatable bonds is 7. The number of anilines is 1. The van der Waals surface area contributed by atoms with E-state index in [1.54, 1.807) is 24.1 Å². The molecule has 0 aromatic heterocycles. The number of amides is 1. The first kappa shape index (κ1) is 24.6. The number of aryl methyl sites for hydroxylation is 3. The summed E-state index contributed by atoms with van der Waals surface area (Å²) < 4.78 is 15.7. The molecule has 2 aromatic carbocycles. The van der Waals surface area contributed by atoms with E-state index in [1.165, 1.54) is 0 Å². The molecule has 0 saturated heterocycles. The second-order valence-corrected chi connectivity index (χ2v) is 8.99. The van der Waals surface area contributed by atoms with Gasteiger partial charge in [-0.3, -0.25) is 4.79 Å². The molecule has 0 bridgehead atoms. The summed E-state index contributed by atoms with van der Waals surface area (Å²) in [5.41, 5.74) is 11.2. The molecule has 2 aromatic rings. The summed E-state index contributed by atoms with van der Waals surface area (Å²) in [5, 5.41) is 0. The van der Waals surface area contributed by atoms with E-state index in [1.807, 2.05) is 45.9 Å². The van der Waals surface area contributed by atoms with Gasteiger partial charge in [0.1, 0.15) is 11.5 Å². The molecule has 2 N–H and O–H groups in total. The quantitative estimate of drug-likeness (QED) is 0.495. The summed E-state index contributed by atoms with van der Waals surface area (Å²) in [6.07, 6.45) is 1.47. The number of fused-ring (bicyclic) bond motifs is 1. The standard InChI is InChI=1S/C26H34N2O5/c1-16(2)15-32-26(30)33-21-11-17(3)22(18(4)12-21)14-23(27)25(29)28-10-6-7-19-13-20(31-5)8-9-24(19)28/h8-9,11-13,16,23H,6-7,10,14-15,27H2,1-5H3/t23-/m1/s1. The average Bonchev–Trinajstić information content (AvgIpc) is 2.78. The fraction of sp³-hybridized carbons (Fsp3) is 0.462. The van der Waals surface area contributed by atoms with Crippen LogP contribution in [-0.4, -0.2) is 38.4 Å². The lowest BCUT2D eigenvalue weighted by molar-refractivity contribution is -0.119. The molecular formula is C26H34N2O5. The van der Waals surface area contributed by atoms with Gasteiger partial charge in [0, 0.05) is 12.2 Å². The van der Waals surface area contributed by atoms with Crippen LogP contribution in [0.1, 0.15) is 42.5 Å². The zero-order valence-electron chi connectivity index (χ0n) is 20.1. The van der Waals surface area contributed by atoms with Crippen LogP contribution in [0.15, 0.2) is 30.3 Å². The monoisotopic (exact) mass is 454 g/mol. The third-order valence-electron chi connectivity index (χ3n) is 5.82. The highest BCUT2D eigenvalue weighted by atomic mass is 16.7. The van der Waals surface area contributed by atoms with E-state index in [4.69, 9.17) is 19.9 Å². The fourth-order valence-corrected chi connectivity index (χ4v) is 4.13. The minimum absolute atomic E-state index is 0.0995. The smallest absolute Gasteiger partial charge is 0.497 e. The molecule has 178 valence electrons. The number of nitrogens with two attached hydrogens (primary N) is 1. The van der Waals surface area contributed by atoms with Crippen molar-refractivity contribution in [2.75, 3.05) is 25.2 Å². The van der Waals surface area contributed by atoms with E-state index < -0.39 is 12.2 Å². The van der Waals surface area contributed by atoms with Crippen molar-refractivity contribution in [1.29, 1.82) is 0 Å². The Morgan fingerprint density at radius 2 is 1.79 bits per heavy atom. The lowest BCUT2D eigenvalue weighted by atomic mass is 9.94. The predicted molar refractivity (Wildman–Crippen MR) is 128 cm³/mol. The summed E-state index contributed by atoms with van der Waals surface area (Å²) in [7, 11) is 1.64. The van der Waals surface area contributed by atoms with Gasteiger partial charge in [-0.15, -0.1) is 0 Å². The fourth-order valence-electron chi connectivity index (χ4n) is 4.13. The number of ether oxygens (including phenoxy) is 3. The summed E-state index contributed by atoms with van der Waals surface area (Å²) in [5.74, 6) is 1.34. The number of carbonyl (C=O) groups is 2. The molecule has 7 heteroatoms. The molecule has 0 unspecified atom stereocenters. The summed E-state index contributed by atoms with van der Waals surface area (Å²) in [6.45, 7) is 8.72. The summed E-state index contributed by atoms with van der Waals surface area (Å²) in [4.78, 5) is 26.9. The van der Waals surface area contributed by atoms with Crippen LogP contribution in [0.2, 0.25) is 0 Å². The molecule has 0 aliphatic carbocycles. The maximum atomic E-state index is 13.3. The highest BCUT2D eigenvalue weighted by Gasteiger charge is 2.28. The Morgan fingerprint density at radius 3 is 2.42 bits per heavy atom. The lowest BCUT2D eigenvalue weighted by Crippen LogP contribution is -2.47. The van der Waals surface area contributed by atoms with Gasteiger partial charge in [0.25, 0.3) is 0 Å². The molecule has 0 fully saturated rings. The number of carbonyl (C=O) groups excluding carboxylic acids is 2. The second-order valence-electron chi connectivity index (χ2n) is 8.99. The van der Waals surface area contributed by atoms with Gasteiger partial charge in [-0.25, -0.2) is 4.79 Å². The van der Waals surface area contributed by atoms with Crippen molar-refractivity contribution in [3.63, 3.8) is 0 Å². The van der Waals surface area contributed by atoms with E-state index in [2.05, 4.69) is 0 Å². The zero-order chi connectivity index (χ0) is 24.1. The van der Waals surface area contributed by atoms with Crippen LogP contribution in [0.4, 0.5) is 10.5 Å². The molecule has 33 heavy (non-hydrogen) atoms. The second kappa shape index (κ2) is 10.7. The Hall–Kier alpha value is -3.06. The first-order valence-corrected chi connectivity index (χ1v) is 11.4. The Balaban J connectivity index is 1.71. The Morgan fingerprint density at radius 1 is 1.09 bits per heavy atom. The minimum Gasteiger partial charge on any atom is -0.497 e.